The molecule has 1 aromatic rings. The highest BCUT2D eigenvalue weighted by Crippen LogP contribution is 2.20. The van der Waals surface area contributed by atoms with Gasteiger partial charge in [-0.25, -0.2) is 4.79 Å². The predicted molar refractivity (Wildman–Crippen MR) is 75.4 cm³/mol. The molecular formula is C15H20N2O2. The third-order valence-electron chi connectivity index (χ3n) is 3.67. The van der Waals surface area contributed by atoms with Gasteiger partial charge in [-0.2, -0.15) is 0 Å². The fraction of sp³-hybridized carbons (Fsp3) is 0.467. The van der Waals surface area contributed by atoms with E-state index in [1.165, 1.54) is 6.92 Å². The van der Waals surface area contributed by atoms with E-state index in [0.29, 0.717) is 17.2 Å². The zero-order valence-corrected chi connectivity index (χ0v) is 11.5. The Morgan fingerprint density at radius 1 is 1.42 bits per heavy atom. The summed E-state index contributed by atoms with van der Waals surface area (Å²) in [5.41, 5.74) is 1.29. The Hall–Kier alpha value is -1.84. The third kappa shape index (κ3) is 3.34. The minimum absolute atomic E-state index is 0.00307. The van der Waals surface area contributed by atoms with Crippen molar-refractivity contribution in [3.05, 3.63) is 29.8 Å². The molecule has 1 aliphatic heterocycles. The number of ketones is 1. The summed E-state index contributed by atoms with van der Waals surface area (Å²) in [6, 6.07) is 6.98. The summed E-state index contributed by atoms with van der Waals surface area (Å²) in [6.45, 7) is 5.32. The number of Topliss-reactive ketones (excluding diaryl/α,β-unsaturated/α-hetero) is 1. The average Bonchev–Trinajstić information content (AvgIpc) is 2.88. The number of rotatable bonds is 3. The minimum atomic E-state index is -0.0725. The van der Waals surface area contributed by atoms with E-state index in [-0.39, 0.29) is 11.8 Å². The quantitative estimate of drug-likeness (QED) is 0.849. The first kappa shape index (κ1) is 13.6. The topological polar surface area (TPSA) is 49.4 Å². The highest BCUT2D eigenvalue weighted by molar-refractivity contribution is 5.96. The Kier molecular flexibility index (Phi) is 4.20. The maximum absolute atomic E-state index is 12.1. The molecule has 0 saturated carbocycles. The van der Waals surface area contributed by atoms with Gasteiger partial charge in [-0.3, -0.25) is 4.79 Å². The van der Waals surface area contributed by atoms with Crippen LogP contribution in [0.3, 0.4) is 0 Å². The number of carbonyl (C=O) groups is 2. The molecule has 2 rings (SSSR count). The second-order valence-electron chi connectivity index (χ2n) is 5.08. The van der Waals surface area contributed by atoms with Crippen molar-refractivity contribution in [1.29, 1.82) is 0 Å². The van der Waals surface area contributed by atoms with Crippen LogP contribution in [-0.4, -0.2) is 29.8 Å². The lowest BCUT2D eigenvalue weighted by Crippen LogP contribution is -2.32. The molecule has 0 aromatic heterocycles. The molecule has 0 spiro atoms. The number of nitrogens with zero attached hydrogens (tertiary/aromatic N) is 1. The molecule has 1 aromatic carbocycles. The first-order valence-electron chi connectivity index (χ1n) is 6.77. The number of likely N-dealkylation sites (tertiary alicyclic amines) is 1. The Bertz CT molecular complexity index is 485. The van der Waals surface area contributed by atoms with Gasteiger partial charge < -0.3 is 10.2 Å². The Morgan fingerprint density at radius 2 is 2.21 bits per heavy atom. The molecule has 1 atom stereocenters. The van der Waals surface area contributed by atoms with Gasteiger partial charge >= 0.3 is 6.03 Å². The highest BCUT2D eigenvalue weighted by atomic mass is 16.2. The van der Waals surface area contributed by atoms with Crippen LogP contribution < -0.4 is 5.32 Å². The van der Waals surface area contributed by atoms with Crippen LogP contribution in [0.4, 0.5) is 10.5 Å². The van der Waals surface area contributed by atoms with Gasteiger partial charge in [0.2, 0.25) is 0 Å². The van der Waals surface area contributed by atoms with Gasteiger partial charge in [0.05, 0.1) is 0 Å². The number of anilines is 1. The number of amides is 2. The molecule has 19 heavy (non-hydrogen) atoms. The lowest BCUT2D eigenvalue weighted by atomic mass is 10.1. The van der Waals surface area contributed by atoms with Crippen LogP contribution in [0.25, 0.3) is 0 Å². The Morgan fingerprint density at radius 3 is 2.84 bits per heavy atom. The maximum Gasteiger partial charge on any atom is 0.321 e. The van der Waals surface area contributed by atoms with Crippen molar-refractivity contribution in [3.8, 4) is 0 Å². The van der Waals surface area contributed by atoms with Gasteiger partial charge in [0.15, 0.2) is 5.78 Å². The van der Waals surface area contributed by atoms with Crippen LogP contribution in [0.5, 0.6) is 0 Å². The molecule has 2 amide bonds. The number of urea groups is 1. The Labute approximate surface area is 113 Å². The second-order valence-corrected chi connectivity index (χ2v) is 5.08. The number of hydrogen-bond donors (Lipinski definition) is 1. The fourth-order valence-electron chi connectivity index (χ4n) is 2.37. The summed E-state index contributed by atoms with van der Waals surface area (Å²) < 4.78 is 0. The molecule has 4 heteroatoms. The smallest absolute Gasteiger partial charge is 0.321 e. The summed E-state index contributed by atoms with van der Waals surface area (Å²) in [5, 5.41) is 2.86. The summed E-state index contributed by atoms with van der Waals surface area (Å²) in [6.07, 6.45) is 2.20. The molecule has 1 aliphatic rings. The normalized spacial score (nSPS) is 18.4. The van der Waals surface area contributed by atoms with E-state index >= 15 is 0 Å². The SMILES string of the molecule is CCC1CCN(C(=O)Nc2cccc(C(C)=O)c2)C1. The molecular weight excluding hydrogens is 240 g/mol. The zero-order valence-electron chi connectivity index (χ0n) is 11.5. The van der Waals surface area contributed by atoms with Gasteiger partial charge in [-0.15, -0.1) is 0 Å². The van der Waals surface area contributed by atoms with Crippen LogP contribution in [-0.2, 0) is 0 Å². The van der Waals surface area contributed by atoms with Crippen molar-refractivity contribution < 1.29 is 9.59 Å². The first-order chi connectivity index (χ1) is 9.10. The van der Waals surface area contributed by atoms with Gasteiger partial charge in [0.25, 0.3) is 0 Å². The molecule has 1 N–H and O–H groups in total. The van der Waals surface area contributed by atoms with Crippen LogP contribution in [0.15, 0.2) is 24.3 Å². The molecule has 0 radical (unpaired) electrons. The predicted octanol–water partition coefficient (Wildman–Crippen LogP) is 3.15. The molecule has 1 fully saturated rings. The van der Waals surface area contributed by atoms with E-state index in [9.17, 15) is 9.59 Å². The van der Waals surface area contributed by atoms with E-state index in [2.05, 4.69) is 12.2 Å². The van der Waals surface area contributed by atoms with E-state index in [1.807, 2.05) is 4.90 Å². The van der Waals surface area contributed by atoms with Crippen LogP contribution >= 0.6 is 0 Å². The largest absolute Gasteiger partial charge is 0.324 e. The number of nitrogens with one attached hydrogen (secondary N) is 1. The van der Waals surface area contributed by atoms with Crippen LogP contribution in [0, 0.1) is 5.92 Å². The van der Waals surface area contributed by atoms with Gasteiger partial charge in [0.1, 0.15) is 0 Å². The molecule has 102 valence electrons. The number of hydrogen-bond acceptors (Lipinski definition) is 2. The highest BCUT2D eigenvalue weighted by Gasteiger charge is 2.24. The summed E-state index contributed by atoms with van der Waals surface area (Å²) in [7, 11) is 0. The molecule has 1 saturated heterocycles. The van der Waals surface area contributed by atoms with Crippen molar-refractivity contribution in [3.63, 3.8) is 0 Å². The monoisotopic (exact) mass is 260 g/mol. The van der Waals surface area contributed by atoms with Crippen molar-refractivity contribution in [1.82, 2.24) is 4.90 Å². The summed E-state index contributed by atoms with van der Waals surface area (Å²) in [4.78, 5) is 25.2. The third-order valence-corrected chi connectivity index (χ3v) is 3.67. The van der Waals surface area contributed by atoms with Crippen molar-refractivity contribution in [2.24, 2.45) is 5.92 Å². The van der Waals surface area contributed by atoms with Gasteiger partial charge in [0, 0.05) is 24.3 Å². The second kappa shape index (κ2) is 5.87. The lowest BCUT2D eigenvalue weighted by molar-refractivity contribution is 0.101. The summed E-state index contributed by atoms with van der Waals surface area (Å²) in [5.74, 6) is 0.623. The van der Waals surface area contributed by atoms with Gasteiger partial charge in [-0.05, 0) is 31.4 Å². The maximum atomic E-state index is 12.1. The Balaban J connectivity index is 1.99. The average molecular weight is 260 g/mol. The fourth-order valence-corrected chi connectivity index (χ4v) is 2.37. The minimum Gasteiger partial charge on any atom is -0.324 e. The summed E-state index contributed by atoms with van der Waals surface area (Å²) >= 11 is 0. The van der Waals surface area contributed by atoms with Gasteiger partial charge in [-0.1, -0.05) is 25.5 Å². The van der Waals surface area contributed by atoms with E-state index in [0.717, 1.165) is 25.9 Å². The zero-order chi connectivity index (χ0) is 13.8. The molecule has 0 aliphatic carbocycles. The van der Waals surface area contributed by atoms with Crippen LogP contribution in [0.1, 0.15) is 37.0 Å². The molecule has 0 bridgehead atoms. The van der Waals surface area contributed by atoms with Crippen molar-refractivity contribution in [2.75, 3.05) is 18.4 Å². The van der Waals surface area contributed by atoms with E-state index in [1.54, 1.807) is 24.3 Å². The molecule has 4 nitrogen and oxygen atoms in total. The van der Waals surface area contributed by atoms with E-state index < -0.39 is 0 Å². The molecule has 1 heterocycles. The van der Waals surface area contributed by atoms with Crippen molar-refractivity contribution in [2.45, 2.75) is 26.7 Å². The molecule has 1 unspecified atom stereocenters. The van der Waals surface area contributed by atoms with E-state index in [4.69, 9.17) is 0 Å². The number of benzene rings is 1. The number of carbonyl (C=O) groups excluding carboxylic acids is 2. The van der Waals surface area contributed by atoms with Crippen LogP contribution in [0.2, 0.25) is 0 Å². The lowest BCUT2D eigenvalue weighted by Gasteiger charge is -2.17. The first-order valence-corrected chi connectivity index (χ1v) is 6.77. The van der Waals surface area contributed by atoms with Crippen molar-refractivity contribution >= 4 is 17.5 Å². The standard InChI is InChI=1S/C15H20N2O2/c1-3-12-7-8-17(10-12)15(19)16-14-6-4-5-13(9-14)11(2)18/h4-6,9,12H,3,7-8,10H2,1-2H3,(H,16,19).